The van der Waals surface area contributed by atoms with Crippen molar-refractivity contribution in [1.29, 1.82) is 0 Å². The molecule has 0 heterocycles. The molecule has 18 heavy (non-hydrogen) atoms. The van der Waals surface area contributed by atoms with E-state index in [9.17, 15) is 5.11 Å². The zero-order valence-electron chi connectivity index (χ0n) is 11.1. The summed E-state index contributed by atoms with van der Waals surface area (Å²) >= 11 is 5.20. The van der Waals surface area contributed by atoms with Crippen LogP contribution in [0, 0.1) is 0 Å². The molecular formula is C14H22N2OS. The quantitative estimate of drug-likeness (QED) is 0.745. The summed E-state index contributed by atoms with van der Waals surface area (Å²) in [6.07, 6.45) is 2.11. The molecule has 1 atom stereocenters. The molecule has 1 aromatic carbocycles. The lowest BCUT2D eigenvalue weighted by Crippen LogP contribution is -2.37. The van der Waals surface area contributed by atoms with Gasteiger partial charge in [-0.25, -0.2) is 0 Å². The van der Waals surface area contributed by atoms with Crippen molar-refractivity contribution in [3.05, 3.63) is 29.8 Å². The molecule has 100 valence electrons. The number of hydrogen-bond donors (Lipinski definition) is 2. The highest BCUT2D eigenvalue weighted by Gasteiger charge is 2.22. The number of hydrogen-bond acceptors (Lipinski definition) is 3. The van der Waals surface area contributed by atoms with Crippen LogP contribution in [0.25, 0.3) is 0 Å². The van der Waals surface area contributed by atoms with E-state index in [-0.39, 0.29) is 11.8 Å². The molecule has 3 nitrogen and oxygen atoms in total. The number of phenols is 1. The van der Waals surface area contributed by atoms with Crippen LogP contribution in [0.1, 0.15) is 38.3 Å². The summed E-state index contributed by atoms with van der Waals surface area (Å²) in [6, 6.07) is 7.09. The smallest absolute Gasteiger partial charge is 0.115 e. The van der Waals surface area contributed by atoms with Gasteiger partial charge in [0.15, 0.2) is 0 Å². The zero-order valence-corrected chi connectivity index (χ0v) is 11.9. The van der Waals surface area contributed by atoms with Crippen LogP contribution in [0.4, 0.5) is 0 Å². The summed E-state index contributed by atoms with van der Waals surface area (Å²) in [7, 11) is 0. The molecule has 0 aliphatic rings. The number of nitrogens with two attached hydrogens (primary N) is 1. The molecular weight excluding hydrogens is 244 g/mol. The standard InChI is InChI=1S/C14H22N2OS/c1-3-8-16(9-4-2)13(14(15)18)11-6-5-7-12(17)10-11/h5-7,10,13,17H,3-4,8-9H2,1-2H3,(H2,15,18). The van der Waals surface area contributed by atoms with Gasteiger partial charge in [-0.05, 0) is 43.6 Å². The highest BCUT2D eigenvalue weighted by atomic mass is 32.1. The molecule has 0 aromatic heterocycles. The van der Waals surface area contributed by atoms with Crippen LogP contribution in [0.5, 0.6) is 5.75 Å². The van der Waals surface area contributed by atoms with Gasteiger partial charge in [0.2, 0.25) is 0 Å². The van der Waals surface area contributed by atoms with Crippen LogP contribution >= 0.6 is 12.2 Å². The molecule has 1 unspecified atom stereocenters. The molecule has 4 heteroatoms. The van der Waals surface area contributed by atoms with Gasteiger partial charge in [-0.1, -0.05) is 38.2 Å². The molecule has 0 saturated heterocycles. The van der Waals surface area contributed by atoms with E-state index < -0.39 is 0 Å². The fourth-order valence-electron chi connectivity index (χ4n) is 2.19. The van der Waals surface area contributed by atoms with Crippen molar-refractivity contribution >= 4 is 17.2 Å². The first-order chi connectivity index (χ1) is 8.60. The third-order valence-corrected chi connectivity index (χ3v) is 3.07. The largest absolute Gasteiger partial charge is 0.508 e. The lowest BCUT2D eigenvalue weighted by Gasteiger charge is -2.30. The second-order valence-corrected chi connectivity index (χ2v) is 4.91. The summed E-state index contributed by atoms with van der Waals surface area (Å²) < 4.78 is 0. The van der Waals surface area contributed by atoms with E-state index in [2.05, 4.69) is 18.7 Å². The molecule has 0 saturated carbocycles. The van der Waals surface area contributed by atoms with Gasteiger partial charge < -0.3 is 10.8 Å². The zero-order chi connectivity index (χ0) is 13.5. The number of benzene rings is 1. The van der Waals surface area contributed by atoms with Crippen LogP contribution in [0.3, 0.4) is 0 Å². The Kier molecular flexibility index (Phi) is 6.09. The van der Waals surface area contributed by atoms with Crippen LogP contribution in [0.15, 0.2) is 24.3 Å². The van der Waals surface area contributed by atoms with Crippen molar-refractivity contribution in [2.24, 2.45) is 5.73 Å². The minimum Gasteiger partial charge on any atom is -0.508 e. The first-order valence-corrected chi connectivity index (χ1v) is 6.83. The predicted molar refractivity (Wildman–Crippen MR) is 79.8 cm³/mol. The van der Waals surface area contributed by atoms with Crippen molar-refractivity contribution in [3.8, 4) is 5.75 Å². The Morgan fingerprint density at radius 2 is 1.94 bits per heavy atom. The molecule has 1 aromatic rings. The SMILES string of the molecule is CCCN(CCC)C(C(N)=S)c1cccc(O)c1. The van der Waals surface area contributed by atoms with Gasteiger partial charge in [-0.2, -0.15) is 0 Å². The highest BCUT2D eigenvalue weighted by molar-refractivity contribution is 7.80. The van der Waals surface area contributed by atoms with Crippen molar-refractivity contribution < 1.29 is 5.11 Å². The molecule has 3 N–H and O–H groups in total. The van der Waals surface area contributed by atoms with Crippen LogP contribution in [-0.2, 0) is 0 Å². The Morgan fingerprint density at radius 1 is 1.33 bits per heavy atom. The van der Waals surface area contributed by atoms with Crippen molar-refractivity contribution in [3.63, 3.8) is 0 Å². The monoisotopic (exact) mass is 266 g/mol. The van der Waals surface area contributed by atoms with Gasteiger partial charge in [-0.15, -0.1) is 0 Å². The van der Waals surface area contributed by atoms with Crippen molar-refractivity contribution in [2.75, 3.05) is 13.1 Å². The lowest BCUT2D eigenvalue weighted by atomic mass is 10.0. The average molecular weight is 266 g/mol. The van der Waals surface area contributed by atoms with E-state index in [1.165, 1.54) is 0 Å². The fourth-order valence-corrected chi connectivity index (χ4v) is 2.48. The Morgan fingerprint density at radius 3 is 2.39 bits per heavy atom. The molecule has 0 bridgehead atoms. The second-order valence-electron chi connectivity index (χ2n) is 4.44. The molecule has 0 aliphatic heterocycles. The van der Waals surface area contributed by atoms with E-state index in [0.717, 1.165) is 31.5 Å². The summed E-state index contributed by atoms with van der Waals surface area (Å²) in [5, 5.41) is 9.58. The van der Waals surface area contributed by atoms with Gasteiger partial charge in [0, 0.05) is 0 Å². The van der Waals surface area contributed by atoms with Crippen LogP contribution in [0.2, 0.25) is 0 Å². The summed E-state index contributed by atoms with van der Waals surface area (Å²) in [5.41, 5.74) is 6.85. The summed E-state index contributed by atoms with van der Waals surface area (Å²) in [4.78, 5) is 2.74. The van der Waals surface area contributed by atoms with E-state index in [0.29, 0.717) is 4.99 Å². The molecule has 0 aliphatic carbocycles. The first-order valence-electron chi connectivity index (χ1n) is 6.42. The average Bonchev–Trinajstić information content (AvgIpc) is 2.29. The molecule has 0 spiro atoms. The third kappa shape index (κ3) is 3.96. The maximum absolute atomic E-state index is 9.58. The number of phenolic OH excluding ortho intramolecular Hbond substituents is 1. The maximum Gasteiger partial charge on any atom is 0.115 e. The third-order valence-electron chi connectivity index (χ3n) is 2.84. The lowest BCUT2D eigenvalue weighted by molar-refractivity contribution is 0.245. The molecule has 0 fully saturated rings. The normalized spacial score (nSPS) is 12.6. The van der Waals surface area contributed by atoms with Gasteiger partial charge in [0.25, 0.3) is 0 Å². The molecule has 1 rings (SSSR count). The molecule has 0 radical (unpaired) electrons. The van der Waals surface area contributed by atoms with Gasteiger partial charge >= 0.3 is 0 Å². The maximum atomic E-state index is 9.58. The number of rotatable bonds is 7. The number of thiocarbonyl (C=S) groups is 1. The highest BCUT2D eigenvalue weighted by Crippen LogP contribution is 2.24. The van der Waals surface area contributed by atoms with Crippen LogP contribution in [-0.4, -0.2) is 28.1 Å². The minimum absolute atomic E-state index is 0.0907. The first kappa shape index (κ1) is 14.9. The minimum atomic E-state index is -0.0907. The van der Waals surface area contributed by atoms with Gasteiger partial charge in [-0.3, -0.25) is 4.90 Å². The van der Waals surface area contributed by atoms with E-state index in [4.69, 9.17) is 18.0 Å². The van der Waals surface area contributed by atoms with Crippen LogP contribution < -0.4 is 5.73 Å². The second kappa shape index (κ2) is 7.34. The molecule has 0 amide bonds. The van der Waals surface area contributed by atoms with Crippen molar-refractivity contribution in [2.45, 2.75) is 32.7 Å². The van der Waals surface area contributed by atoms with E-state index in [1.807, 2.05) is 12.1 Å². The Balaban J connectivity index is 3.03. The van der Waals surface area contributed by atoms with Gasteiger partial charge in [0.1, 0.15) is 5.75 Å². The van der Waals surface area contributed by atoms with Gasteiger partial charge in [0.05, 0.1) is 11.0 Å². The Bertz CT molecular complexity index is 389. The van der Waals surface area contributed by atoms with E-state index in [1.54, 1.807) is 12.1 Å². The number of aromatic hydroxyl groups is 1. The summed E-state index contributed by atoms with van der Waals surface area (Å²) in [5.74, 6) is 0.252. The predicted octanol–water partition coefficient (Wildman–Crippen LogP) is 2.84. The fraction of sp³-hybridized carbons (Fsp3) is 0.500. The van der Waals surface area contributed by atoms with Crippen molar-refractivity contribution in [1.82, 2.24) is 4.90 Å². The topological polar surface area (TPSA) is 49.5 Å². The summed E-state index contributed by atoms with van der Waals surface area (Å²) in [6.45, 7) is 6.18. The van der Waals surface area contributed by atoms with E-state index >= 15 is 0 Å². The number of nitrogens with zero attached hydrogens (tertiary/aromatic N) is 1. The Hall–Kier alpha value is -1.13. The Labute approximate surface area is 115 Å².